The summed E-state index contributed by atoms with van der Waals surface area (Å²) in [5, 5.41) is 10.9. The van der Waals surface area contributed by atoms with Gasteiger partial charge in [-0.1, -0.05) is 12.1 Å². The van der Waals surface area contributed by atoms with Crippen LogP contribution in [0.5, 0.6) is 11.5 Å². The van der Waals surface area contributed by atoms with Crippen LogP contribution in [0, 0.1) is 10.1 Å². The van der Waals surface area contributed by atoms with E-state index in [1.165, 1.54) is 39.5 Å². The third kappa shape index (κ3) is 4.06. The van der Waals surface area contributed by atoms with Crippen molar-refractivity contribution in [2.45, 2.75) is 11.4 Å². The van der Waals surface area contributed by atoms with Crippen LogP contribution in [0.25, 0.3) is 0 Å². The van der Waals surface area contributed by atoms with Crippen LogP contribution >= 0.6 is 0 Å². The molecule has 0 spiro atoms. The number of nitro groups is 1. The molecule has 0 bridgehead atoms. The van der Waals surface area contributed by atoms with Crippen LogP contribution in [-0.4, -0.2) is 38.9 Å². The lowest BCUT2D eigenvalue weighted by atomic mass is 10.2. The van der Waals surface area contributed by atoms with Crippen LogP contribution in [0.1, 0.15) is 5.56 Å². The lowest BCUT2D eigenvalue weighted by molar-refractivity contribution is -0.385. The zero-order valence-corrected chi connectivity index (χ0v) is 14.8. The van der Waals surface area contributed by atoms with Crippen molar-refractivity contribution in [3.63, 3.8) is 0 Å². The van der Waals surface area contributed by atoms with E-state index >= 15 is 0 Å². The summed E-state index contributed by atoms with van der Waals surface area (Å²) in [6, 6.07) is 10.0. The molecule has 0 fully saturated rings. The van der Waals surface area contributed by atoms with Gasteiger partial charge in [-0.15, -0.1) is 0 Å². The molecule has 134 valence electrons. The second-order valence-electron chi connectivity index (χ2n) is 5.19. The summed E-state index contributed by atoms with van der Waals surface area (Å²) in [6.45, 7) is 0.0399. The molecule has 2 aromatic rings. The number of methoxy groups -OCH3 is 2. The molecule has 0 radical (unpaired) electrons. The first-order valence-corrected chi connectivity index (χ1v) is 8.65. The molecule has 9 heteroatoms. The molecule has 0 amide bonds. The Hall–Kier alpha value is -2.65. The number of nitrogens with zero attached hydrogens (tertiary/aromatic N) is 2. The molecular weight excluding hydrogens is 348 g/mol. The molecule has 0 aliphatic rings. The van der Waals surface area contributed by atoms with Gasteiger partial charge in [0, 0.05) is 37.4 Å². The number of rotatable bonds is 7. The fourth-order valence-electron chi connectivity index (χ4n) is 2.24. The number of nitro benzene ring substituents is 1. The van der Waals surface area contributed by atoms with Crippen molar-refractivity contribution >= 4 is 15.7 Å². The van der Waals surface area contributed by atoms with Crippen LogP contribution in [0.3, 0.4) is 0 Å². The summed E-state index contributed by atoms with van der Waals surface area (Å²) in [6.07, 6.45) is 0. The van der Waals surface area contributed by atoms with Gasteiger partial charge in [0.15, 0.2) is 0 Å². The van der Waals surface area contributed by atoms with Gasteiger partial charge < -0.3 is 9.47 Å². The molecule has 0 aliphatic heterocycles. The normalized spacial score (nSPS) is 11.4. The van der Waals surface area contributed by atoms with Crippen LogP contribution in [-0.2, 0) is 16.6 Å². The average Bonchev–Trinajstić information content (AvgIpc) is 2.61. The molecule has 25 heavy (non-hydrogen) atoms. The van der Waals surface area contributed by atoms with Crippen molar-refractivity contribution in [2.24, 2.45) is 0 Å². The molecule has 0 aromatic heterocycles. The molecular formula is C16H18N2O6S. The van der Waals surface area contributed by atoms with E-state index in [0.29, 0.717) is 17.1 Å². The van der Waals surface area contributed by atoms with Crippen molar-refractivity contribution in [3.05, 3.63) is 58.1 Å². The molecule has 0 N–H and O–H groups in total. The quantitative estimate of drug-likeness (QED) is 0.551. The second kappa shape index (κ2) is 7.49. The van der Waals surface area contributed by atoms with E-state index in [4.69, 9.17) is 9.47 Å². The summed E-state index contributed by atoms with van der Waals surface area (Å²) in [5.74, 6) is 1.07. The monoisotopic (exact) mass is 366 g/mol. The molecule has 0 saturated heterocycles. The van der Waals surface area contributed by atoms with Crippen LogP contribution in [0.15, 0.2) is 47.4 Å². The van der Waals surface area contributed by atoms with Crippen LogP contribution in [0.2, 0.25) is 0 Å². The topological polar surface area (TPSA) is 99.0 Å². The number of benzene rings is 2. The van der Waals surface area contributed by atoms with E-state index in [2.05, 4.69) is 0 Å². The number of ether oxygens (including phenoxy) is 2. The van der Waals surface area contributed by atoms with Gasteiger partial charge in [0.1, 0.15) is 11.5 Å². The highest BCUT2D eigenvalue weighted by atomic mass is 32.2. The Bertz CT molecular complexity index is 882. The SMILES string of the molecule is COc1ccc(CN(C)S(=O)(=O)c2cccc([N+](=O)[O-])c2)c(OC)c1. The molecule has 0 aliphatic carbocycles. The maximum Gasteiger partial charge on any atom is 0.270 e. The maximum absolute atomic E-state index is 12.7. The minimum absolute atomic E-state index is 0.0399. The summed E-state index contributed by atoms with van der Waals surface area (Å²) >= 11 is 0. The smallest absolute Gasteiger partial charge is 0.270 e. The van der Waals surface area contributed by atoms with E-state index in [1.54, 1.807) is 18.2 Å². The first kappa shape index (κ1) is 18.7. The summed E-state index contributed by atoms with van der Waals surface area (Å²) in [7, 11) is 0.510. The first-order chi connectivity index (χ1) is 11.8. The Kier molecular flexibility index (Phi) is 5.60. The highest BCUT2D eigenvalue weighted by Crippen LogP contribution is 2.27. The zero-order chi connectivity index (χ0) is 18.6. The lowest BCUT2D eigenvalue weighted by Gasteiger charge is -2.19. The van der Waals surface area contributed by atoms with E-state index < -0.39 is 14.9 Å². The van der Waals surface area contributed by atoms with Gasteiger partial charge in [0.25, 0.3) is 5.69 Å². The standard InChI is InChI=1S/C16H18N2O6S/c1-17(11-12-7-8-14(23-2)10-16(12)24-3)25(21,22)15-6-4-5-13(9-15)18(19)20/h4-10H,11H2,1-3H3. The molecule has 0 atom stereocenters. The molecule has 2 aromatic carbocycles. The number of non-ortho nitro benzene ring substituents is 1. The molecule has 0 unspecified atom stereocenters. The Morgan fingerprint density at radius 3 is 2.44 bits per heavy atom. The molecule has 2 rings (SSSR count). The number of hydrogen-bond donors (Lipinski definition) is 0. The fraction of sp³-hybridized carbons (Fsp3) is 0.250. The number of hydrogen-bond acceptors (Lipinski definition) is 6. The highest BCUT2D eigenvalue weighted by molar-refractivity contribution is 7.89. The molecule has 0 heterocycles. The van der Waals surface area contributed by atoms with Gasteiger partial charge in [-0.3, -0.25) is 10.1 Å². The first-order valence-electron chi connectivity index (χ1n) is 7.21. The third-order valence-electron chi connectivity index (χ3n) is 3.62. The Labute approximate surface area is 145 Å². The van der Waals surface area contributed by atoms with E-state index in [9.17, 15) is 18.5 Å². The lowest BCUT2D eigenvalue weighted by Crippen LogP contribution is -2.26. The van der Waals surface area contributed by atoms with Gasteiger partial charge in [0.05, 0.1) is 24.0 Å². The molecule has 8 nitrogen and oxygen atoms in total. The van der Waals surface area contributed by atoms with Crippen molar-refractivity contribution in [1.29, 1.82) is 0 Å². The predicted octanol–water partition coefficient (Wildman–Crippen LogP) is 2.43. The Morgan fingerprint density at radius 1 is 1.12 bits per heavy atom. The second-order valence-corrected chi connectivity index (χ2v) is 7.24. The third-order valence-corrected chi connectivity index (χ3v) is 5.42. The highest BCUT2D eigenvalue weighted by Gasteiger charge is 2.24. The Morgan fingerprint density at radius 2 is 1.84 bits per heavy atom. The van der Waals surface area contributed by atoms with E-state index in [-0.39, 0.29) is 17.1 Å². The average molecular weight is 366 g/mol. The van der Waals surface area contributed by atoms with Gasteiger partial charge in [0.2, 0.25) is 10.0 Å². The van der Waals surface area contributed by atoms with Crippen molar-refractivity contribution in [3.8, 4) is 11.5 Å². The van der Waals surface area contributed by atoms with Gasteiger partial charge in [-0.25, -0.2) is 8.42 Å². The van der Waals surface area contributed by atoms with E-state index in [1.807, 2.05) is 0 Å². The fourth-order valence-corrected chi connectivity index (χ4v) is 3.43. The largest absolute Gasteiger partial charge is 0.497 e. The Balaban J connectivity index is 2.32. The summed E-state index contributed by atoms with van der Waals surface area (Å²) in [5.41, 5.74) is 0.358. The predicted molar refractivity (Wildman–Crippen MR) is 91.3 cm³/mol. The minimum Gasteiger partial charge on any atom is -0.497 e. The van der Waals surface area contributed by atoms with E-state index in [0.717, 1.165) is 10.4 Å². The minimum atomic E-state index is -3.89. The van der Waals surface area contributed by atoms with Crippen LogP contribution in [0.4, 0.5) is 5.69 Å². The van der Waals surface area contributed by atoms with Gasteiger partial charge in [-0.05, 0) is 12.1 Å². The van der Waals surface area contributed by atoms with Crippen molar-refractivity contribution in [2.75, 3.05) is 21.3 Å². The molecule has 0 saturated carbocycles. The number of sulfonamides is 1. The van der Waals surface area contributed by atoms with Crippen molar-refractivity contribution < 1.29 is 22.8 Å². The van der Waals surface area contributed by atoms with Crippen molar-refractivity contribution in [1.82, 2.24) is 4.31 Å². The zero-order valence-electron chi connectivity index (χ0n) is 14.0. The van der Waals surface area contributed by atoms with Gasteiger partial charge in [-0.2, -0.15) is 4.31 Å². The van der Waals surface area contributed by atoms with Gasteiger partial charge >= 0.3 is 0 Å². The van der Waals surface area contributed by atoms with Crippen LogP contribution < -0.4 is 9.47 Å². The summed E-state index contributed by atoms with van der Waals surface area (Å²) < 4.78 is 36.8. The maximum atomic E-state index is 12.7. The summed E-state index contributed by atoms with van der Waals surface area (Å²) in [4.78, 5) is 10.1.